The molecule has 2 aromatic rings. The molecule has 15 heavy (non-hydrogen) atoms. The molecular weight excluding hydrogens is 289 g/mol. The van der Waals surface area contributed by atoms with E-state index in [9.17, 15) is 0 Å². The SMILES string of the molecule is C[N+](C)(C)c1ccc2ccccc2c1.[Sn]. The van der Waals surface area contributed by atoms with Gasteiger partial charge in [-0.3, -0.25) is 4.48 Å². The maximum absolute atomic E-state index is 2.26. The number of benzene rings is 2. The van der Waals surface area contributed by atoms with E-state index >= 15 is 0 Å². The van der Waals surface area contributed by atoms with Crippen molar-refractivity contribution < 1.29 is 0 Å². The minimum atomic E-state index is 0. The summed E-state index contributed by atoms with van der Waals surface area (Å²) in [6, 6.07) is 15.1. The summed E-state index contributed by atoms with van der Waals surface area (Å²) >= 11 is 0. The van der Waals surface area contributed by atoms with Crippen LogP contribution in [0.2, 0.25) is 0 Å². The summed E-state index contributed by atoms with van der Waals surface area (Å²) in [5.74, 6) is 0. The molecule has 0 aliphatic heterocycles. The van der Waals surface area contributed by atoms with Gasteiger partial charge in [0.2, 0.25) is 0 Å². The molecule has 0 N–H and O–H groups in total. The molecule has 0 atom stereocenters. The van der Waals surface area contributed by atoms with Crippen molar-refractivity contribution >= 4 is 40.4 Å². The second-order valence-corrected chi connectivity index (χ2v) is 4.54. The quantitative estimate of drug-likeness (QED) is 0.561. The minimum Gasteiger partial charge on any atom is -0.298 e. The van der Waals surface area contributed by atoms with Crippen molar-refractivity contribution in [3.05, 3.63) is 42.5 Å². The number of hydrogen-bond donors (Lipinski definition) is 0. The fourth-order valence-corrected chi connectivity index (χ4v) is 1.59. The van der Waals surface area contributed by atoms with Gasteiger partial charge in [0, 0.05) is 30.0 Å². The van der Waals surface area contributed by atoms with E-state index in [2.05, 4.69) is 63.6 Å². The van der Waals surface area contributed by atoms with Gasteiger partial charge in [0.05, 0.1) is 21.1 Å². The van der Waals surface area contributed by atoms with Crippen LogP contribution in [0.1, 0.15) is 0 Å². The Hall–Kier alpha value is -0.541. The van der Waals surface area contributed by atoms with E-state index in [-0.39, 0.29) is 23.9 Å². The second kappa shape index (κ2) is 4.54. The molecule has 0 unspecified atom stereocenters. The average molecular weight is 305 g/mol. The Morgan fingerprint density at radius 3 is 2.00 bits per heavy atom. The number of quaternary nitrogens is 1. The molecule has 2 rings (SSSR count). The first-order chi connectivity index (χ1) is 6.57. The van der Waals surface area contributed by atoms with Crippen molar-refractivity contribution in [3.63, 3.8) is 0 Å². The third-order valence-corrected chi connectivity index (χ3v) is 2.51. The van der Waals surface area contributed by atoms with Gasteiger partial charge in [-0.15, -0.1) is 0 Å². The van der Waals surface area contributed by atoms with Crippen LogP contribution in [0.15, 0.2) is 42.5 Å². The molecule has 4 radical (unpaired) electrons. The summed E-state index contributed by atoms with van der Waals surface area (Å²) < 4.78 is 0.866. The zero-order valence-corrected chi connectivity index (χ0v) is 12.3. The van der Waals surface area contributed by atoms with Crippen molar-refractivity contribution in [1.82, 2.24) is 4.48 Å². The van der Waals surface area contributed by atoms with Gasteiger partial charge in [-0.2, -0.15) is 0 Å². The molecule has 0 saturated heterocycles. The molecule has 0 fully saturated rings. The zero-order valence-electron chi connectivity index (χ0n) is 9.49. The maximum Gasteiger partial charge on any atom is 0.132 e. The van der Waals surface area contributed by atoms with E-state index in [1.54, 1.807) is 0 Å². The molecule has 2 aromatic carbocycles. The molecule has 0 aromatic heterocycles. The molecule has 0 spiro atoms. The standard InChI is InChI=1S/C13H16N.Sn/c1-14(2,3)13-9-8-11-6-4-5-7-12(11)10-13;/h4-10H,1-3H3;/q+1;. The Balaban J connectivity index is 0.00000112. The van der Waals surface area contributed by atoms with E-state index < -0.39 is 0 Å². The van der Waals surface area contributed by atoms with Crippen LogP contribution in [0, 0.1) is 0 Å². The summed E-state index contributed by atoms with van der Waals surface area (Å²) in [6.07, 6.45) is 0. The van der Waals surface area contributed by atoms with E-state index in [0.29, 0.717) is 0 Å². The molecule has 76 valence electrons. The summed E-state index contributed by atoms with van der Waals surface area (Å²) in [6.45, 7) is 0. The number of hydrogen-bond acceptors (Lipinski definition) is 0. The van der Waals surface area contributed by atoms with Gasteiger partial charge in [-0.25, -0.2) is 0 Å². The first kappa shape index (κ1) is 12.5. The molecule has 0 aliphatic carbocycles. The summed E-state index contributed by atoms with van der Waals surface area (Å²) in [5, 5.41) is 2.63. The number of fused-ring (bicyclic) bond motifs is 1. The molecular formula is C13H16NSn+. The van der Waals surface area contributed by atoms with Gasteiger partial charge < -0.3 is 0 Å². The summed E-state index contributed by atoms with van der Waals surface area (Å²) in [7, 11) is 6.55. The fraction of sp³-hybridized carbons (Fsp3) is 0.231. The minimum absolute atomic E-state index is 0. The van der Waals surface area contributed by atoms with Gasteiger partial charge >= 0.3 is 0 Å². The molecule has 0 saturated carbocycles. The molecule has 0 aliphatic rings. The fourth-order valence-electron chi connectivity index (χ4n) is 1.59. The van der Waals surface area contributed by atoms with Crippen LogP contribution >= 0.6 is 0 Å². The van der Waals surface area contributed by atoms with Crippen LogP contribution in [0.4, 0.5) is 5.69 Å². The van der Waals surface area contributed by atoms with E-state index in [0.717, 1.165) is 4.48 Å². The van der Waals surface area contributed by atoms with Crippen LogP contribution in [0.3, 0.4) is 0 Å². The van der Waals surface area contributed by atoms with Crippen LogP contribution in [0.5, 0.6) is 0 Å². The Bertz CT molecular complexity index is 457. The predicted molar refractivity (Wildman–Crippen MR) is 69.3 cm³/mol. The number of rotatable bonds is 1. The third-order valence-electron chi connectivity index (χ3n) is 2.51. The first-order valence-electron chi connectivity index (χ1n) is 4.88. The molecule has 1 nitrogen and oxygen atoms in total. The van der Waals surface area contributed by atoms with Gasteiger partial charge in [0.1, 0.15) is 5.69 Å². The summed E-state index contributed by atoms with van der Waals surface area (Å²) in [4.78, 5) is 0. The van der Waals surface area contributed by atoms with Crippen molar-refractivity contribution in [2.45, 2.75) is 0 Å². The van der Waals surface area contributed by atoms with E-state index in [1.807, 2.05) is 0 Å². The van der Waals surface area contributed by atoms with Crippen LogP contribution in [0.25, 0.3) is 10.8 Å². The topological polar surface area (TPSA) is 0 Å². The second-order valence-electron chi connectivity index (χ2n) is 4.54. The Morgan fingerprint density at radius 2 is 1.40 bits per heavy atom. The molecule has 2 heteroatoms. The maximum atomic E-state index is 2.26. The van der Waals surface area contributed by atoms with Gasteiger partial charge in [0.15, 0.2) is 0 Å². The largest absolute Gasteiger partial charge is 0.298 e. The molecule has 0 amide bonds. The van der Waals surface area contributed by atoms with Crippen molar-refractivity contribution in [2.24, 2.45) is 0 Å². The van der Waals surface area contributed by atoms with Crippen molar-refractivity contribution in [1.29, 1.82) is 0 Å². The van der Waals surface area contributed by atoms with Crippen LogP contribution in [-0.2, 0) is 0 Å². The Morgan fingerprint density at radius 1 is 0.800 bits per heavy atom. The van der Waals surface area contributed by atoms with Gasteiger partial charge in [0.25, 0.3) is 0 Å². The van der Waals surface area contributed by atoms with E-state index in [1.165, 1.54) is 16.5 Å². The van der Waals surface area contributed by atoms with E-state index in [4.69, 9.17) is 0 Å². The third kappa shape index (κ3) is 2.73. The normalized spacial score (nSPS) is 11.1. The first-order valence-corrected chi connectivity index (χ1v) is 4.88. The molecule has 0 bridgehead atoms. The monoisotopic (exact) mass is 306 g/mol. The Kier molecular flexibility index (Phi) is 3.79. The van der Waals surface area contributed by atoms with Crippen LogP contribution in [-0.4, -0.2) is 45.1 Å². The smallest absolute Gasteiger partial charge is 0.132 e. The van der Waals surface area contributed by atoms with Gasteiger partial charge in [-0.05, 0) is 22.9 Å². The van der Waals surface area contributed by atoms with Crippen LogP contribution < -0.4 is 4.48 Å². The summed E-state index contributed by atoms with van der Waals surface area (Å²) in [5.41, 5.74) is 1.34. The van der Waals surface area contributed by atoms with Crippen molar-refractivity contribution in [3.8, 4) is 0 Å². The Labute approximate surface area is 108 Å². The average Bonchev–Trinajstić information content (AvgIpc) is 2.16. The van der Waals surface area contributed by atoms with Gasteiger partial charge in [-0.1, -0.05) is 24.3 Å². The number of nitrogens with zero attached hydrogens (tertiary/aromatic N) is 1. The molecule has 0 heterocycles. The predicted octanol–water partition coefficient (Wildman–Crippen LogP) is 2.66. The van der Waals surface area contributed by atoms with Crippen molar-refractivity contribution in [2.75, 3.05) is 21.1 Å². The zero-order chi connectivity index (χ0) is 10.2.